The first-order valence-corrected chi connectivity index (χ1v) is 12.2. The van der Waals surface area contributed by atoms with Crippen LogP contribution >= 0.6 is 0 Å². The van der Waals surface area contributed by atoms with Gasteiger partial charge in [-0.2, -0.15) is 4.98 Å². The number of anilines is 4. The zero-order valence-electron chi connectivity index (χ0n) is 20.8. The first-order chi connectivity index (χ1) is 17.5. The van der Waals surface area contributed by atoms with Crippen LogP contribution in [-0.4, -0.2) is 55.0 Å². The van der Waals surface area contributed by atoms with E-state index in [9.17, 15) is 0 Å². The van der Waals surface area contributed by atoms with Gasteiger partial charge in [-0.3, -0.25) is 4.90 Å². The zero-order chi connectivity index (χ0) is 24.9. The molecule has 3 aromatic heterocycles. The topological polar surface area (TPSA) is 104 Å². The van der Waals surface area contributed by atoms with Gasteiger partial charge in [0.25, 0.3) is 0 Å². The highest BCUT2D eigenvalue weighted by molar-refractivity contribution is 5.59. The summed E-state index contributed by atoms with van der Waals surface area (Å²) in [6.45, 7) is 9.49. The van der Waals surface area contributed by atoms with Gasteiger partial charge < -0.3 is 16.0 Å². The zero-order valence-corrected chi connectivity index (χ0v) is 20.8. The molecule has 0 saturated carbocycles. The Balaban J connectivity index is 1.23. The molecule has 5 rings (SSSR count). The molecule has 3 N–H and O–H groups in total. The van der Waals surface area contributed by atoms with Gasteiger partial charge in [0, 0.05) is 55.5 Å². The Morgan fingerprint density at radius 2 is 1.67 bits per heavy atom. The van der Waals surface area contributed by atoms with Gasteiger partial charge in [0.15, 0.2) is 5.82 Å². The monoisotopic (exact) mass is 481 g/mol. The highest BCUT2D eigenvalue weighted by atomic mass is 15.2. The minimum Gasteiger partial charge on any atom is -0.325 e. The van der Waals surface area contributed by atoms with Crippen molar-refractivity contribution >= 4 is 23.3 Å². The highest BCUT2D eigenvalue weighted by Gasteiger charge is 2.22. The van der Waals surface area contributed by atoms with E-state index in [1.165, 1.54) is 5.56 Å². The van der Waals surface area contributed by atoms with Crippen LogP contribution in [0.25, 0.3) is 11.5 Å². The number of benzene rings is 1. The van der Waals surface area contributed by atoms with E-state index < -0.39 is 0 Å². The number of hydrogen-bond donors (Lipinski definition) is 3. The number of piperazine rings is 1. The third kappa shape index (κ3) is 5.99. The molecule has 0 bridgehead atoms. The second-order valence-electron chi connectivity index (χ2n) is 9.23. The van der Waals surface area contributed by atoms with Crippen molar-refractivity contribution in [1.82, 2.24) is 35.1 Å². The van der Waals surface area contributed by atoms with Crippen LogP contribution in [-0.2, 0) is 6.54 Å². The number of aryl methyl sites for hydroxylation is 1. The van der Waals surface area contributed by atoms with E-state index in [0.717, 1.165) is 36.7 Å². The Morgan fingerprint density at radius 1 is 0.889 bits per heavy atom. The maximum atomic E-state index is 4.59. The summed E-state index contributed by atoms with van der Waals surface area (Å²) in [4.78, 5) is 24.9. The summed E-state index contributed by atoms with van der Waals surface area (Å²) in [6, 6.07) is 18.9. The largest absolute Gasteiger partial charge is 0.325 e. The summed E-state index contributed by atoms with van der Waals surface area (Å²) in [5, 5.41) is 10.1. The van der Waals surface area contributed by atoms with E-state index in [0.29, 0.717) is 35.5 Å². The summed E-state index contributed by atoms with van der Waals surface area (Å²) < 4.78 is 0. The Labute approximate surface area is 211 Å². The summed E-state index contributed by atoms with van der Waals surface area (Å²) in [5.74, 6) is 2.33. The van der Waals surface area contributed by atoms with E-state index in [1.54, 1.807) is 24.5 Å². The van der Waals surface area contributed by atoms with Gasteiger partial charge in [0.05, 0.1) is 0 Å². The van der Waals surface area contributed by atoms with E-state index in [2.05, 4.69) is 83.9 Å². The average molecular weight is 482 g/mol. The fourth-order valence-electron chi connectivity index (χ4n) is 4.21. The van der Waals surface area contributed by atoms with Crippen molar-refractivity contribution in [2.24, 2.45) is 0 Å². The summed E-state index contributed by atoms with van der Waals surface area (Å²) >= 11 is 0. The third-order valence-corrected chi connectivity index (χ3v) is 6.17. The van der Waals surface area contributed by atoms with Crippen LogP contribution in [0, 0.1) is 6.92 Å². The number of nitrogens with one attached hydrogen (secondary N) is 3. The van der Waals surface area contributed by atoms with Gasteiger partial charge >= 0.3 is 0 Å². The molecule has 1 aliphatic rings. The van der Waals surface area contributed by atoms with Crippen LogP contribution in [0.15, 0.2) is 67.0 Å². The van der Waals surface area contributed by atoms with Gasteiger partial charge in [0.1, 0.15) is 17.3 Å². The van der Waals surface area contributed by atoms with Crippen LogP contribution in [0.4, 0.5) is 23.3 Å². The molecule has 1 aromatic carbocycles. The maximum Gasteiger partial charge on any atom is 0.229 e. The fourth-order valence-corrected chi connectivity index (χ4v) is 4.21. The average Bonchev–Trinajstić information content (AvgIpc) is 2.88. The van der Waals surface area contributed by atoms with Crippen molar-refractivity contribution < 1.29 is 0 Å². The molecule has 9 heteroatoms. The van der Waals surface area contributed by atoms with Crippen LogP contribution in [0.1, 0.15) is 25.1 Å². The Hall–Kier alpha value is -3.95. The normalized spacial score (nSPS) is 18.1. The van der Waals surface area contributed by atoms with Crippen molar-refractivity contribution in [3.63, 3.8) is 0 Å². The number of rotatable bonds is 7. The fraction of sp³-hybridized carbons (Fsp3) is 0.296. The maximum absolute atomic E-state index is 4.59. The molecule has 0 amide bonds. The molecule has 0 radical (unpaired) electrons. The van der Waals surface area contributed by atoms with Crippen LogP contribution in [0.2, 0.25) is 0 Å². The van der Waals surface area contributed by atoms with Crippen LogP contribution in [0.3, 0.4) is 0 Å². The highest BCUT2D eigenvalue weighted by Crippen LogP contribution is 2.20. The molecule has 184 valence electrons. The van der Waals surface area contributed by atoms with Gasteiger partial charge in [0.2, 0.25) is 5.95 Å². The molecule has 4 heterocycles. The van der Waals surface area contributed by atoms with E-state index in [-0.39, 0.29) is 0 Å². The van der Waals surface area contributed by atoms with Crippen molar-refractivity contribution in [3.8, 4) is 11.5 Å². The van der Waals surface area contributed by atoms with Crippen molar-refractivity contribution in [2.75, 3.05) is 23.7 Å². The molecule has 0 spiro atoms. The summed E-state index contributed by atoms with van der Waals surface area (Å²) in [6.07, 6.45) is 3.42. The standard InChI is InChI=1S/C27H31N9/c1-18-5-4-6-23(31-18)26-28-13-11-24(34-26)33-25-12-14-29-27(35-25)32-22-9-7-21(8-10-22)17-36-16-19(2)30-15-20(36)3/h4-14,19-20,30H,15-17H2,1-3H3,(H2,28,29,32,33,34,35)/t19-,20-/m1/s1. The van der Waals surface area contributed by atoms with Gasteiger partial charge in [-0.05, 0) is 62.7 Å². The predicted molar refractivity (Wildman–Crippen MR) is 142 cm³/mol. The number of hydrogen-bond acceptors (Lipinski definition) is 9. The van der Waals surface area contributed by atoms with Crippen molar-refractivity contribution in [2.45, 2.75) is 39.4 Å². The van der Waals surface area contributed by atoms with Gasteiger partial charge in [-0.25, -0.2) is 19.9 Å². The van der Waals surface area contributed by atoms with E-state index in [1.807, 2.05) is 25.1 Å². The van der Waals surface area contributed by atoms with E-state index >= 15 is 0 Å². The molecule has 1 fully saturated rings. The molecule has 1 aliphatic heterocycles. The Kier molecular flexibility index (Phi) is 7.11. The number of aromatic nitrogens is 5. The second-order valence-corrected chi connectivity index (χ2v) is 9.23. The third-order valence-electron chi connectivity index (χ3n) is 6.17. The molecule has 0 aliphatic carbocycles. The number of pyridine rings is 1. The lowest BCUT2D eigenvalue weighted by Gasteiger charge is -2.37. The molecule has 0 unspecified atom stereocenters. The van der Waals surface area contributed by atoms with Crippen LogP contribution in [0.5, 0.6) is 0 Å². The smallest absolute Gasteiger partial charge is 0.229 e. The van der Waals surface area contributed by atoms with Gasteiger partial charge in [-0.15, -0.1) is 0 Å². The summed E-state index contributed by atoms with van der Waals surface area (Å²) in [7, 11) is 0. The molecular formula is C27H31N9. The molecule has 4 aromatic rings. The predicted octanol–water partition coefficient (Wildman–Crippen LogP) is 4.31. The minimum atomic E-state index is 0.506. The number of nitrogens with zero attached hydrogens (tertiary/aromatic N) is 6. The Bertz CT molecular complexity index is 1310. The molecular weight excluding hydrogens is 450 g/mol. The second kappa shape index (κ2) is 10.8. The van der Waals surface area contributed by atoms with Crippen molar-refractivity contribution in [1.29, 1.82) is 0 Å². The summed E-state index contributed by atoms with van der Waals surface area (Å²) in [5.41, 5.74) is 3.88. The minimum absolute atomic E-state index is 0.506. The SMILES string of the molecule is Cc1cccc(-c2nccc(Nc3ccnc(Nc4ccc(CN5C[C@@H](C)NC[C@H]5C)cc4)n3)n2)n1. The van der Waals surface area contributed by atoms with Crippen LogP contribution < -0.4 is 16.0 Å². The van der Waals surface area contributed by atoms with E-state index in [4.69, 9.17) is 0 Å². The molecule has 1 saturated heterocycles. The molecule has 2 atom stereocenters. The Morgan fingerprint density at radius 3 is 2.47 bits per heavy atom. The van der Waals surface area contributed by atoms with Crippen molar-refractivity contribution in [3.05, 3.63) is 78.2 Å². The molecule has 36 heavy (non-hydrogen) atoms. The lowest BCUT2D eigenvalue weighted by molar-refractivity contribution is 0.139. The lowest BCUT2D eigenvalue weighted by atomic mass is 10.1. The molecule has 9 nitrogen and oxygen atoms in total. The first kappa shape index (κ1) is 23.8. The lowest BCUT2D eigenvalue weighted by Crippen LogP contribution is -2.53. The van der Waals surface area contributed by atoms with Gasteiger partial charge in [-0.1, -0.05) is 18.2 Å². The first-order valence-electron chi connectivity index (χ1n) is 12.2. The quantitative estimate of drug-likeness (QED) is 0.356.